The minimum absolute atomic E-state index is 0.382. The van der Waals surface area contributed by atoms with Crippen molar-refractivity contribution in [1.82, 2.24) is 0 Å². The fraction of sp³-hybridized carbons (Fsp3) is 0.300. The molecule has 76 valence electrons. The summed E-state index contributed by atoms with van der Waals surface area (Å²) >= 11 is 3.33. The SMILES string of the molecule is COC(=O)[C@H](N)Cc1ccc(Br)cc1. The number of methoxy groups -OCH3 is 1. The summed E-state index contributed by atoms with van der Waals surface area (Å²) in [5.74, 6) is -0.382. The summed E-state index contributed by atoms with van der Waals surface area (Å²) in [5.41, 5.74) is 6.63. The molecule has 0 bridgehead atoms. The maximum atomic E-state index is 11.0. The molecule has 0 aromatic heterocycles. The van der Waals surface area contributed by atoms with Crippen molar-refractivity contribution < 1.29 is 9.53 Å². The zero-order valence-electron chi connectivity index (χ0n) is 7.87. The summed E-state index contributed by atoms with van der Waals surface area (Å²) in [4.78, 5) is 11.0. The van der Waals surface area contributed by atoms with E-state index in [-0.39, 0.29) is 5.97 Å². The molecule has 1 aromatic carbocycles. The minimum atomic E-state index is -0.582. The van der Waals surface area contributed by atoms with E-state index in [1.54, 1.807) is 0 Å². The fourth-order valence-corrected chi connectivity index (χ4v) is 1.37. The van der Waals surface area contributed by atoms with E-state index in [0.717, 1.165) is 10.0 Å². The third kappa shape index (κ3) is 3.12. The van der Waals surface area contributed by atoms with Gasteiger partial charge in [-0.15, -0.1) is 0 Å². The molecule has 0 aliphatic rings. The highest BCUT2D eigenvalue weighted by Gasteiger charge is 2.13. The van der Waals surface area contributed by atoms with E-state index in [2.05, 4.69) is 20.7 Å². The summed E-state index contributed by atoms with van der Waals surface area (Å²) in [7, 11) is 1.34. The number of carbonyl (C=O) groups excluding carboxylic acids is 1. The van der Waals surface area contributed by atoms with Gasteiger partial charge >= 0.3 is 5.97 Å². The van der Waals surface area contributed by atoms with Crippen LogP contribution < -0.4 is 5.73 Å². The molecule has 1 atom stereocenters. The second-order valence-electron chi connectivity index (χ2n) is 2.96. The van der Waals surface area contributed by atoms with Crippen LogP contribution in [0, 0.1) is 0 Å². The second kappa shape index (κ2) is 5.12. The zero-order valence-corrected chi connectivity index (χ0v) is 9.45. The van der Waals surface area contributed by atoms with E-state index < -0.39 is 6.04 Å². The van der Waals surface area contributed by atoms with Gasteiger partial charge in [0.2, 0.25) is 0 Å². The highest BCUT2D eigenvalue weighted by molar-refractivity contribution is 9.10. The molecule has 1 aromatic rings. The third-order valence-corrected chi connectivity index (χ3v) is 2.40. The smallest absolute Gasteiger partial charge is 0.322 e. The van der Waals surface area contributed by atoms with Crippen molar-refractivity contribution in [2.24, 2.45) is 5.73 Å². The molecule has 1 rings (SSSR count). The van der Waals surface area contributed by atoms with E-state index in [1.807, 2.05) is 24.3 Å². The van der Waals surface area contributed by atoms with Gasteiger partial charge < -0.3 is 10.5 Å². The topological polar surface area (TPSA) is 52.3 Å². The number of ether oxygens (including phenoxy) is 1. The van der Waals surface area contributed by atoms with Crippen molar-refractivity contribution in [2.45, 2.75) is 12.5 Å². The molecule has 2 N–H and O–H groups in total. The van der Waals surface area contributed by atoms with Crippen LogP contribution in [-0.4, -0.2) is 19.1 Å². The number of rotatable bonds is 3. The van der Waals surface area contributed by atoms with Gasteiger partial charge in [0.05, 0.1) is 7.11 Å². The normalized spacial score (nSPS) is 12.2. The van der Waals surface area contributed by atoms with Gasteiger partial charge in [0.1, 0.15) is 6.04 Å². The van der Waals surface area contributed by atoms with Gasteiger partial charge in [-0.05, 0) is 24.1 Å². The summed E-state index contributed by atoms with van der Waals surface area (Å²) in [6.45, 7) is 0. The van der Waals surface area contributed by atoms with E-state index in [9.17, 15) is 4.79 Å². The van der Waals surface area contributed by atoms with Crippen LogP contribution in [0.25, 0.3) is 0 Å². The Hall–Kier alpha value is -0.870. The Morgan fingerprint density at radius 3 is 2.57 bits per heavy atom. The van der Waals surface area contributed by atoms with E-state index in [0.29, 0.717) is 6.42 Å². The Morgan fingerprint density at radius 2 is 2.07 bits per heavy atom. The standard InChI is InChI=1S/C10H12BrNO2/c1-14-10(13)9(12)6-7-2-4-8(11)5-3-7/h2-5,9H,6,12H2,1H3/t9-/m1/s1. The predicted octanol–water partition coefficient (Wildman–Crippen LogP) is 1.49. The van der Waals surface area contributed by atoms with Crippen LogP contribution in [0.1, 0.15) is 5.56 Å². The zero-order chi connectivity index (χ0) is 10.6. The number of nitrogens with two attached hydrogens (primary N) is 1. The molecule has 14 heavy (non-hydrogen) atoms. The quantitative estimate of drug-likeness (QED) is 0.836. The van der Waals surface area contributed by atoms with Gasteiger partial charge in [-0.2, -0.15) is 0 Å². The van der Waals surface area contributed by atoms with Gasteiger partial charge in [0.15, 0.2) is 0 Å². The third-order valence-electron chi connectivity index (χ3n) is 1.87. The Kier molecular flexibility index (Phi) is 4.10. The lowest BCUT2D eigenvalue weighted by molar-refractivity contribution is -0.142. The molecular weight excluding hydrogens is 246 g/mol. The van der Waals surface area contributed by atoms with Crippen molar-refractivity contribution >= 4 is 21.9 Å². The number of benzene rings is 1. The molecule has 0 radical (unpaired) electrons. The van der Waals surface area contributed by atoms with Crippen molar-refractivity contribution in [1.29, 1.82) is 0 Å². The maximum Gasteiger partial charge on any atom is 0.322 e. The van der Waals surface area contributed by atoms with Crippen LogP contribution in [-0.2, 0) is 16.0 Å². The van der Waals surface area contributed by atoms with Crippen molar-refractivity contribution in [3.63, 3.8) is 0 Å². The molecule has 0 amide bonds. The van der Waals surface area contributed by atoms with E-state index in [1.165, 1.54) is 7.11 Å². The largest absolute Gasteiger partial charge is 0.468 e. The Bertz CT molecular complexity index is 310. The summed E-state index contributed by atoms with van der Waals surface area (Å²) in [6, 6.07) is 7.10. The first kappa shape index (κ1) is 11.2. The fourth-order valence-electron chi connectivity index (χ4n) is 1.11. The summed E-state index contributed by atoms with van der Waals surface area (Å²) in [5, 5.41) is 0. The number of carbonyl (C=O) groups is 1. The maximum absolute atomic E-state index is 11.0. The molecule has 0 spiro atoms. The molecule has 0 unspecified atom stereocenters. The van der Waals surface area contributed by atoms with Gasteiger partial charge in [0, 0.05) is 4.47 Å². The van der Waals surface area contributed by atoms with Crippen molar-refractivity contribution in [3.05, 3.63) is 34.3 Å². The van der Waals surface area contributed by atoms with Crippen LogP contribution in [0.3, 0.4) is 0 Å². The molecule has 0 aliphatic carbocycles. The lowest BCUT2D eigenvalue weighted by atomic mass is 10.1. The molecule has 4 heteroatoms. The van der Waals surface area contributed by atoms with E-state index >= 15 is 0 Å². The summed E-state index contributed by atoms with van der Waals surface area (Å²) < 4.78 is 5.54. The second-order valence-corrected chi connectivity index (χ2v) is 3.88. The minimum Gasteiger partial charge on any atom is -0.468 e. The van der Waals surface area contributed by atoms with Gasteiger partial charge in [-0.3, -0.25) is 4.79 Å². The predicted molar refractivity (Wildman–Crippen MR) is 57.8 cm³/mol. The lowest BCUT2D eigenvalue weighted by Gasteiger charge is -2.08. The molecule has 0 saturated carbocycles. The number of hydrogen-bond donors (Lipinski definition) is 1. The molecule has 3 nitrogen and oxygen atoms in total. The number of halogens is 1. The highest BCUT2D eigenvalue weighted by Crippen LogP contribution is 2.11. The summed E-state index contributed by atoms with van der Waals surface area (Å²) in [6.07, 6.45) is 0.500. The Morgan fingerprint density at radius 1 is 1.50 bits per heavy atom. The van der Waals surface area contributed by atoms with Gasteiger partial charge in [0.25, 0.3) is 0 Å². The first-order valence-corrected chi connectivity index (χ1v) is 5.00. The Balaban J connectivity index is 2.60. The van der Waals surface area contributed by atoms with Crippen LogP contribution in [0.4, 0.5) is 0 Å². The number of hydrogen-bond acceptors (Lipinski definition) is 3. The van der Waals surface area contributed by atoms with E-state index in [4.69, 9.17) is 5.73 Å². The molecule has 0 fully saturated rings. The van der Waals surface area contributed by atoms with Crippen LogP contribution in [0.5, 0.6) is 0 Å². The molecular formula is C10H12BrNO2. The molecule has 0 aliphatic heterocycles. The average molecular weight is 258 g/mol. The van der Waals surface area contributed by atoms with Crippen LogP contribution >= 0.6 is 15.9 Å². The first-order valence-electron chi connectivity index (χ1n) is 4.21. The monoisotopic (exact) mass is 257 g/mol. The lowest BCUT2D eigenvalue weighted by Crippen LogP contribution is -2.33. The van der Waals surface area contributed by atoms with Crippen LogP contribution in [0.2, 0.25) is 0 Å². The van der Waals surface area contributed by atoms with Crippen molar-refractivity contribution in [3.8, 4) is 0 Å². The van der Waals surface area contributed by atoms with Crippen LogP contribution in [0.15, 0.2) is 28.7 Å². The van der Waals surface area contributed by atoms with Gasteiger partial charge in [-0.25, -0.2) is 0 Å². The highest BCUT2D eigenvalue weighted by atomic mass is 79.9. The number of esters is 1. The molecule has 0 saturated heterocycles. The van der Waals surface area contributed by atoms with Crippen molar-refractivity contribution in [2.75, 3.05) is 7.11 Å². The average Bonchev–Trinajstić information content (AvgIpc) is 2.20. The molecule has 0 heterocycles. The van der Waals surface area contributed by atoms with Gasteiger partial charge in [-0.1, -0.05) is 28.1 Å². The Labute approximate surface area is 91.4 Å². The first-order chi connectivity index (χ1) is 6.63.